The number of aliphatic carboxylic acids is 1. The van der Waals surface area contributed by atoms with Crippen LogP contribution in [0.4, 0.5) is 0 Å². The first kappa shape index (κ1) is 13.4. The fraction of sp³-hybridized carbons (Fsp3) is 0.909. The summed E-state index contributed by atoms with van der Waals surface area (Å²) in [5.41, 5.74) is 0. The maximum Gasteiger partial charge on any atom is 0.323 e. The van der Waals surface area contributed by atoms with Gasteiger partial charge < -0.3 is 19.9 Å². The molecule has 1 saturated carbocycles. The van der Waals surface area contributed by atoms with Crippen molar-refractivity contribution in [3.8, 4) is 0 Å². The highest BCUT2D eigenvalue weighted by Crippen LogP contribution is 2.20. The van der Waals surface area contributed by atoms with E-state index in [2.05, 4.69) is 5.32 Å². The first-order valence-electron chi connectivity index (χ1n) is 5.80. The van der Waals surface area contributed by atoms with E-state index in [1.807, 2.05) is 0 Å². The SMILES string of the molecule is COCC(NCCOC1CCCC1)C(=O)O. The molecular formula is C11H21NO4. The molecule has 0 heterocycles. The van der Waals surface area contributed by atoms with Gasteiger partial charge in [-0.1, -0.05) is 12.8 Å². The summed E-state index contributed by atoms with van der Waals surface area (Å²) in [6, 6.07) is -0.642. The maximum absolute atomic E-state index is 10.8. The van der Waals surface area contributed by atoms with E-state index in [-0.39, 0.29) is 6.61 Å². The molecule has 0 aliphatic heterocycles. The molecule has 0 saturated heterocycles. The Kier molecular flexibility index (Phi) is 6.37. The van der Waals surface area contributed by atoms with E-state index in [0.717, 1.165) is 12.8 Å². The van der Waals surface area contributed by atoms with E-state index in [1.54, 1.807) is 0 Å². The van der Waals surface area contributed by atoms with Crippen molar-refractivity contribution in [1.82, 2.24) is 5.32 Å². The van der Waals surface area contributed by atoms with E-state index in [1.165, 1.54) is 20.0 Å². The average Bonchev–Trinajstić information content (AvgIpc) is 2.75. The van der Waals surface area contributed by atoms with Crippen LogP contribution in [0.25, 0.3) is 0 Å². The lowest BCUT2D eigenvalue weighted by Gasteiger charge is -2.15. The van der Waals surface area contributed by atoms with Crippen molar-refractivity contribution in [1.29, 1.82) is 0 Å². The quantitative estimate of drug-likeness (QED) is 0.600. The summed E-state index contributed by atoms with van der Waals surface area (Å²) in [6.45, 7) is 1.30. The largest absolute Gasteiger partial charge is 0.480 e. The molecule has 0 spiro atoms. The Balaban J connectivity index is 2.05. The van der Waals surface area contributed by atoms with Crippen LogP contribution in [0.1, 0.15) is 25.7 Å². The molecule has 1 fully saturated rings. The van der Waals surface area contributed by atoms with Gasteiger partial charge in [-0.25, -0.2) is 0 Å². The number of hydrogen-bond acceptors (Lipinski definition) is 4. The van der Waals surface area contributed by atoms with Crippen molar-refractivity contribution in [2.75, 3.05) is 26.9 Å². The molecule has 1 unspecified atom stereocenters. The predicted molar refractivity (Wildman–Crippen MR) is 59.5 cm³/mol. The summed E-state index contributed by atoms with van der Waals surface area (Å²) in [6.07, 6.45) is 5.16. The smallest absolute Gasteiger partial charge is 0.323 e. The van der Waals surface area contributed by atoms with Gasteiger partial charge in [0.15, 0.2) is 0 Å². The van der Waals surface area contributed by atoms with Gasteiger partial charge in [0.1, 0.15) is 6.04 Å². The molecule has 0 amide bonds. The third kappa shape index (κ3) is 4.92. The van der Waals surface area contributed by atoms with Gasteiger partial charge in [-0.2, -0.15) is 0 Å². The molecule has 2 N–H and O–H groups in total. The van der Waals surface area contributed by atoms with Gasteiger partial charge >= 0.3 is 5.97 Å². The predicted octanol–water partition coefficient (Wildman–Crippen LogP) is 0.635. The molecule has 94 valence electrons. The second-order valence-electron chi connectivity index (χ2n) is 4.08. The molecule has 0 bridgehead atoms. The Bertz CT molecular complexity index is 204. The fourth-order valence-electron chi connectivity index (χ4n) is 1.90. The minimum absolute atomic E-state index is 0.179. The molecule has 0 radical (unpaired) electrons. The van der Waals surface area contributed by atoms with Crippen molar-refractivity contribution < 1.29 is 19.4 Å². The highest BCUT2D eigenvalue weighted by Gasteiger charge is 2.17. The van der Waals surface area contributed by atoms with E-state index < -0.39 is 12.0 Å². The Morgan fingerprint density at radius 1 is 1.50 bits per heavy atom. The van der Waals surface area contributed by atoms with Crippen molar-refractivity contribution in [2.45, 2.75) is 37.8 Å². The molecule has 5 nitrogen and oxygen atoms in total. The highest BCUT2D eigenvalue weighted by molar-refractivity contribution is 5.73. The molecule has 1 atom stereocenters. The van der Waals surface area contributed by atoms with Crippen molar-refractivity contribution in [3.63, 3.8) is 0 Å². The van der Waals surface area contributed by atoms with Gasteiger partial charge in [-0.05, 0) is 12.8 Å². The van der Waals surface area contributed by atoms with Crippen LogP contribution in [0.5, 0.6) is 0 Å². The van der Waals surface area contributed by atoms with Crippen LogP contribution in [0, 0.1) is 0 Å². The lowest BCUT2D eigenvalue weighted by atomic mass is 10.3. The Hall–Kier alpha value is -0.650. The van der Waals surface area contributed by atoms with Crippen LogP contribution in [-0.2, 0) is 14.3 Å². The van der Waals surface area contributed by atoms with E-state index in [9.17, 15) is 4.79 Å². The summed E-state index contributed by atoms with van der Waals surface area (Å²) in [4.78, 5) is 10.8. The Morgan fingerprint density at radius 2 is 2.19 bits per heavy atom. The molecule has 16 heavy (non-hydrogen) atoms. The summed E-state index contributed by atoms with van der Waals surface area (Å²) in [5, 5.41) is 11.7. The minimum atomic E-state index is -0.886. The lowest BCUT2D eigenvalue weighted by molar-refractivity contribution is -0.140. The molecule has 1 aliphatic carbocycles. The van der Waals surface area contributed by atoms with E-state index in [4.69, 9.17) is 14.6 Å². The van der Waals surface area contributed by atoms with Crippen LogP contribution in [0.2, 0.25) is 0 Å². The van der Waals surface area contributed by atoms with Crippen molar-refractivity contribution >= 4 is 5.97 Å². The number of carbonyl (C=O) groups is 1. The standard InChI is InChI=1S/C11H21NO4/c1-15-8-10(11(13)14)12-6-7-16-9-4-2-3-5-9/h9-10,12H,2-8H2,1H3,(H,13,14). The third-order valence-electron chi connectivity index (χ3n) is 2.78. The van der Waals surface area contributed by atoms with Crippen LogP contribution in [0.15, 0.2) is 0 Å². The van der Waals surface area contributed by atoms with Crippen molar-refractivity contribution in [3.05, 3.63) is 0 Å². The van der Waals surface area contributed by atoms with Gasteiger partial charge in [0, 0.05) is 13.7 Å². The Labute approximate surface area is 96.1 Å². The molecule has 0 aromatic carbocycles. The fourth-order valence-corrected chi connectivity index (χ4v) is 1.90. The molecule has 1 aliphatic rings. The second-order valence-corrected chi connectivity index (χ2v) is 4.08. The molecule has 1 rings (SSSR count). The van der Waals surface area contributed by atoms with E-state index in [0.29, 0.717) is 19.3 Å². The topological polar surface area (TPSA) is 67.8 Å². The number of carboxylic acids is 1. The summed E-state index contributed by atoms with van der Waals surface area (Å²) >= 11 is 0. The van der Waals surface area contributed by atoms with Gasteiger partial charge in [0.2, 0.25) is 0 Å². The second kappa shape index (κ2) is 7.60. The normalized spacial score (nSPS) is 18.8. The molecule has 0 aromatic heterocycles. The monoisotopic (exact) mass is 231 g/mol. The molecular weight excluding hydrogens is 210 g/mol. The summed E-state index contributed by atoms with van der Waals surface area (Å²) in [5.74, 6) is -0.886. The summed E-state index contributed by atoms with van der Waals surface area (Å²) in [7, 11) is 1.49. The zero-order valence-corrected chi connectivity index (χ0v) is 9.78. The van der Waals surface area contributed by atoms with Gasteiger partial charge in [-0.3, -0.25) is 4.79 Å². The number of ether oxygens (including phenoxy) is 2. The van der Waals surface area contributed by atoms with Gasteiger partial charge in [-0.15, -0.1) is 0 Å². The number of rotatable bonds is 8. The lowest BCUT2D eigenvalue weighted by Crippen LogP contribution is -2.42. The maximum atomic E-state index is 10.8. The number of carboxylic acid groups (broad SMARTS) is 1. The van der Waals surface area contributed by atoms with Crippen LogP contribution >= 0.6 is 0 Å². The minimum Gasteiger partial charge on any atom is -0.480 e. The van der Waals surface area contributed by atoms with Crippen molar-refractivity contribution in [2.24, 2.45) is 0 Å². The van der Waals surface area contributed by atoms with Gasteiger partial charge in [0.25, 0.3) is 0 Å². The zero-order chi connectivity index (χ0) is 11.8. The van der Waals surface area contributed by atoms with E-state index >= 15 is 0 Å². The number of nitrogens with one attached hydrogen (secondary N) is 1. The van der Waals surface area contributed by atoms with Crippen LogP contribution < -0.4 is 5.32 Å². The third-order valence-corrected chi connectivity index (χ3v) is 2.78. The molecule has 0 aromatic rings. The number of hydrogen-bond donors (Lipinski definition) is 2. The van der Waals surface area contributed by atoms with Gasteiger partial charge in [0.05, 0.1) is 19.3 Å². The number of methoxy groups -OCH3 is 1. The highest BCUT2D eigenvalue weighted by atomic mass is 16.5. The first-order chi connectivity index (χ1) is 7.74. The first-order valence-corrected chi connectivity index (χ1v) is 5.80. The summed E-state index contributed by atoms with van der Waals surface area (Å²) < 4.78 is 10.4. The zero-order valence-electron chi connectivity index (χ0n) is 9.78. The van der Waals surface area contributed by atoms with Crippen LogP contribution in [0.3, 0.4) is 0 Å². The molecule has 5 heteroatoms. The average molecular weight is 231 g/mol. The Morgan fingerprint density at radius 3 is 2.75 bits per heavy atom. The van der Waals surface area contributed by atoms with Crippen LogP contribution in [-0.4, -0.2) is 50.1 Å².